The monoisotopic (exact) mass is 278 g/mol. The Morgan fingerprint density at radius 2 is 2.15 bits per heavy atom. The Labute approximate surface area is 119 Å². The number of likely N-dealkylation sites (tertiary alicyclic amines) is 1. The highest BCUT2D eigenvalue weighted by Gasteiger charge is 2.40. The van der Waals surface area contributed by atoms with Gasteiger partial charge in [-0.05, 0) is 12.8 Å². The summed E-state index contributed by atoms with van der Waals surface area (Å²) in [5.41, 5.74) is 0. The molecule has 0 aliphatic carbocycles. The lowest BCUT2D eigenvalue weighted by molar-refractivity contribution is -0.141. The average Bonchev–Trinajstić information content (AvgIpc) is 3.04. The molecule has 1 unspecified atom stereocenters. The molecule has 1 aliphatic heterocycles. The molecule has 0 spiro atoms. The number of hydrogen-bond acceptors (Lipinski definition) is 4. The zero-order valence-electron chi connectivity index (χ0n) is 12.1. The zero-order chi connectivity index (χ0) is 14.5. The second kappa shape index (κ2) is 6.65. The summed E-state index contributed by atoms with van der Waals surface area (Å²) in [6.07, 6.45) is 7.24. The van der Waals surface area contributed by atoms with E-state index in [9.17, 15) is 9.59 Å². The molecule has 1 atom stereocenters. The highest BCUT2D eigenvalue weighted by molar-refractivity contribution is 6.05. The molecule has 2 rings (SSSR count). The fourth-order valence-corrected chi connectivity index (χ4v) is 2.63. The van der Waals surface area contributed by atoms with Gasteiger partial charge in [0.25, 0.3) is 0 Å². The van der Waals surface area contributed by atoms with E-state index >= 15 is 0 Å². The van der Waals surface area contributed by atoms with Crippen LogP contribution in [0.3, 0.4) is 0 Å². The summed E-state index contributed by atoms with van der Waals surface area (Å²) in [5.74, 6) is -0.127. The molecule has 1 N–H and O–H groups in total. The van der Waals surface area contributed by atoms with Gasteiger partial charge in [-0.1, -0.05) is 13.8 Å². The van der Waals surface area contributed by atoms with Crippen molar-refractivity contribution >= 4 is 11.8 Å². The van der Waals surface area contributed by atoms with E-state index < -0.39 is 0 Å². The van der Waals surface area contributed by atoms with E-state index in [4.69, 9.17) is 0 Å². The van der Waals surface area contributed by atoms with E-state index in [1.165, 1.54) is 4.90 Å². The third-order valence-electron chi connectivity index (χ3n) is 3.81. The smallest absolute Gasteiger partial charge is 0.247 e. The summed E-state index contributed by atoms with van der Waals surface area (Å²) in [6.45, 7) is 5.41. The lowest BCUT2D eigenvalue weighted by atomic mass is 10.1. The van der Waals surface area contributed by atoms with Crippen molar-refractivity contribution in [3.05, 3.63) is 18.7 Å². The summed E-state index contributed by atoms with van der Waals surface area (Å²) in [6, 6.07) is -0.331. The molecule has 0 aromatic carbocycles. The van der Waals surface area contributed by atoms with Gasteiger partial charge in [0, 0.05) is 31.5 Å². The first-order valence-corrected chi connectivity index (χ1v) is 7.22. The minimum Gasteiger partial charge on any atom is -0.336 e. The van der Waals surface area contributed by atoms with Gasteiger partial charge in [0.2, 0.25) is 11.8 Å². The summed E-state index contributed by atoms with van der Waals surface area (Å²) >= 11 is 0. The van der Waals surface area contributed by atoms with Crippen LogP contribution < -0.4 is 5.32 Å². The van der Waals surface area contributed by atoms with Crippen LogP contribution in [0.1, 0.15) is 33.1 Å². The largest absolute Gasteiger partial charge is 0.336 e. The van der Waals surface area contributed by atoms with E-state index in [1.54, 1.807) is 12.5 Å². The molecule has 110 valence electrons. The first-order valence-electron chi connectivity index (χ1n) is 7.22. The topological polar surface area (TPSA) is 67.2 Å². The van der Waals surface area contributed by atoms with Gasteiger partial charge in [0.15, 0.2) is 0 Å². The molecule has 6 nitrogen and oxygen atoms in total. The molecule has 1 aromatic heterocycles. The van der Waals surface area contributed by atoms with Crippen LogP contribution in [0.25, 0.3) is 0 Å². The van der Waals surface area contributed by atoms with Gasteiger partial charge in [-0.15, -0.1) is 0 Å². The highest BCUT2D eigenvalue weighted by atomic mass is 16.2. The number of rotatable bonds is 7. The number of imidazole rings is 1. The van der Waals surface area contributed by atoms with Crippen molar-refractivity contribution in [3.8, 4) is 0 Å². The van der Waals surface area contributed by atoms with Crippen molar-refractivity contribution in [1.82, 2.24) is 19.8 Å². The molecule has 6 heteroatoms. The highest BCUT2D eigenvalue weighted by Crippen LogP contribution is 2.19. The molecule has 0 saturated carbocycles. The quantitative estimate of drug-likeness (QED) is 0.749. The maximum Gasteiger partial charge on any atom is 0.247 e. The standard InChI is InChI=1S/C14H22N4O2/c1-3-11(4-2)18-13(19)9-12(14(18)20)16-6-8-17-7-5-15-10-17/h5,7,10-12,16H,3-4,6,8-9H2,1-2H3. The minimum absolute atomic E-state index is 0.0375. The van der Waals surface area contributed by atoms with Gasteiger partial charge in [0.1, 0.15) is 0 Å². The fourth-order valence-electron chi connectivity index (χ4n) is 2.63. The van der Waals surface area contributed by atoms with Gasteiger partial charge in [-0.25, -0.2) is 4.98 Å². The van der Waals surface area contributed by atoms with Crippen molar-refractivity contribution in [2.45, 2.75) is 51.7 Å². The number of hydrogen-bond donors (Lipinski definition) is 1. The Morgan fingerprint density at radius 3 is 2.75 bits per heavy atom. The Morgan fingerprint density at radius 1 is 1.40 bits per heavy atom. The predicted molar refractivity (Wildman–Crippen MR) is 74.9 cm³/mol. The van der Waals surface area contributed by atoms with Gasteiger partial charge >= 0.3 is 0 Å². The molecule has 1 saturated heterocycles. The third-order valence-corrected chi connectivity index (χ3v) is 3.81. The first-order chi connectivity index (χ1) is 9.67. The summed E-state index contributed by atoms with van der Waals surface area (Å²) < 4.78 is 1.94. The Hall–Kier alpha value is -1.69. The van der Waals surface area contributed by atoms with Gasteiger partial charge in [0.05, 0.1) is 18.8 Å². The number of imide groups is 1. The summed E-state index contributed by atoms with van der Waals surface area (Å²) in [7, 11) is 0. The zero-order valence-corrected chi connectivity index (χ0v) is 12.1. The lowest BCUT2D eigenvalue weighted by Gasteiger charge is -2.24. The average molecular weight is 278 g/mol. The molecular weight excluding hydrogens is 256 g/mol. The molecule has 0 bridgehead atoms. The Kier molecular flexibility index (Phi) is 4.89. The molecule has 1 aromatic rings. The molecule has 0 radical (unpaired) electrons. The molecule has 1 aliphatic rings. The normalized spacial score (nSPS) is 19.4. The van der Waals surface area contributed by atoms with Crippen molar-refractivity contribution in [2.24, 2.45) is 0 Å². The molecule has 2 amide bonds. The molecule has 20 heavy (non-hydrogen) atoms. The van der Waals surface area contributed by atoms with Crippen LogP contribution in [0.2, 0.25) is 0 Å². The molecule has 2 heterocycles. The fraction of sp³-hybridized carbons (Fsp3) is 0.643. The second-order valence-corrected chi connectivity index (χ2v) is 5.08. The number of amides is 2. The van der Waals surface area contributed by atoms with E-state index in [-0.39, 0.29) is 30.3 Å². The first kappa shape index (κ1) is 14.7. The maximum absolute atomic E-state index is 12.3. The van der Waals surface area contributed by atoms with Crippen molar-refractivity contribution in [3.63, 3.8) is 0 Å². The second-order valence-electron chi connectivity index (χ2n) is 5.08. The van der Waals surface area contributed by atoms with Crippen LogP contribution in [0, 0.1) is 0 Å². The van der Waals surface area contributed by atoms with Crippen molar-refractivity contribution < 1.29 is 9.59 Å². The number of carbonyl (C=O) groups is 2. The Balaban J connectivity index is 1.87. The van der Waals surface area contributed by atoms with E-state index in [0.29, 0.717) is 6.54 Å². The lowest BCUT2D eigenvalue weighted by Crippen LogP contribution is -2.44. The predicted octanol–water partition coefficient (Wildman–Crippen LogP) is 0.789. The van der Waals surface area contributed by atoms with Crippen LogP contribution >= 0.6 is 0 Å². The van der Waals surface area contributed by atoms with Crippen LogP contribution in [0.4, 0.5) is 0 Å². The maximum atomic E-state index is 12.3. The summed E-state index contributed by atoms with van der Waals surface area (Å²) in [4.78, 5) is 29.7. The number of nitrogens with zero attached hydrogens (tertiary/aromatic N) is 3. The van der Waals surface area contributed by atoms with Crippen LogP contribution in [0.15, 0.2) is 18.7 Å². The van der Waals surface area contributed by atoms with Gasteiger partial charge in [-0.3, -0.25) is 14.5 Å². The van der Waals surface area contributed by atoms with Crippen molar-refractivity contribution in [1.29, 1.82) is 0 Å². The minimum atomic E-state index is -0.369. The summed E-state index contributed by atoms with van der Waals surface area (Å²) in [5, 5.41) is 3.17. The van der Waals surface area contributed by atoms with Crippen LogP contribution in [-0.2, 0) is 16.1 Å². The number of nitrogens with one attached hydrogen (secondary N) is 1. The van der Waals surface area contributed by atoms with Gasteiger partial charge < -0.3 is 9.88 Å². The van der Waals surface area contributed by atoms with Crippen LogP contribution in [-0.4, -0.2) is 44.9 Å². The SMILES string of the molecule is CCC(CC)N1C(=O)CC(NCCn2ccnc2)C1=O. The van der Waals surface area contributed by atoms with Crippen molar-refractivity contribution in [2.75, 3.05) is 6.54 Å². The van der Waals surface area contributed by atoms with E-state index in [0.717, 1.165) is 19.4 Å². The molecule has 1 fully saturated rings. The molecular formula is C14H22N4O2. The van der Waals surface area contributed by atoms with E-state index in [1.807, 2.05) is 24.6 Å². The van der Waals surface area contributed by atoms with Gasteiger partial charge in [-0.2, -0.15) is 0 Å². The third kappa shape index (κ3) is 3.07. The van der Waals surface area contributed by atoms with Crippen LogP contribution in [0.5, 0.6) is 0 Å². The Bertz CT molecular complexity index is 454. The number of carbonyl (C=O) groups excluding carboxylic acids is 2. The van der Waals surface area contributed by atoms with E-state index in [2.05, 4.69) is 10.3 Å². The number of aromatic nitrogens is 2.